The minimum absolute atomic E-state index is 0.0255. The highest BCUT2D eigenvalue weighted by atomic mass is 35.5. The summed E-state index contributed by atoms with van der Waals surface area (Å²) in [5.74, 6) is -0.374. The summed E-state index contributed by atoms with van der Waals surface area (Å²) in [6.07, 6.45) is -2.95. The Morgan fingerprint density at radius 3 is 2.30 bits per heavy atom. The Kier molecular flexibility index (Phi) is 10.1. The van der Waals surface area contributed by atoms with E-state index in [1.165, 1.54) is 12.1 Å². The number of carbonyl (C=O) groups is 2. The third kappa shape index (κ3) is 7.86. The number of nitrogens with zero attached hydrogens (tertiary/aromatic N) is 2. The van der Waals surface area contributed by atoms with Gasteiger partial charge in [-0.05, 0) is 54.7 Å². The topological polar surface area (TPSA) is 61.9 Å². The number of alkyl halides is 3. The van der Waals surface area contributed by atoms with Gasteiger partial charge in [-0.1, -0.05) is 65.7 Å². The van der Waals surface area contributed by atoms with Crippen LogP contribution < -0.4 is 10.1 Å². The van der Waals surface area contributed by atoms with E-state index >= 15 is 0 Å². The zero-order valence-corrected chi connectivity index (χ0v) is 25.8. The number of nitrogens with one attached hydrogen (secondary N) is 1. The Bertz CT molecular complexity index is 1480. The summed E-state index contributed by atoms with van der Waals surface area (Å²) >= 11 is 12.5. The van der Waals surface area contributed by atoms with Crippen molar-refractivity contribution in [3.05, 3.63) is 87.9 Å². The molecule has 3 aromatic rings. The maximum Gasteiger partial charge on any atom is 0.573 e. The summed E-state index contributed by atoms with van der Waals surface area (Å²) in [5.41, 5.74) is 2.64. The molecule has 2 atom stereocenters. The van der Waals surface area contributed by atoms with Crippen molar-refractivity contribution in [1.29, 1.82) is 0 Å². The van der Waals surface area contributed by atoms with Crippen LogP contribution in [0.1, 0.15) is 43.2 Å². The van der Waals surface area contributed by atoms with Crippen LogP contribution in [0.5, 0.6) is 5.75 Å². The lowest BCUT2D eigenvalue weighted by Gasteiger charge is -2.42. The molecule has 0 spiro atoms. The Hall–Kier alpha value is -3.27. The van der Waals surface area contributed by atoms with Crippen LogP contribution >= 0.6 is 23.2 Å². The number of halogens is 5. The fraction of sp³-hybridized carbons (Fsp3) is 0.394. The van der Waals surface area contributed by atoms with Crippen molar-refractivity contribution in [2.45, 2.75) is 51.1 Å². The first-order valence-electron chi connectivity index (χ1n) is 14.6. The maximum atomic E-state index is 13.6. The minimum Gasteiger partial charge on any atom is -0.405 e. The number of hydrogen-bond donors (Lipinski definition) is 1. The van der Waals surface area contributed by atoms with Gasteiger partial charge in [0.2, 0.25) is 11.8 Å². The molecule has 11 heteroatoms. The molecule has 6 nitrogen and oxygen atoms in total. The fourth-order valence-corrected chi connectivity index (χ4v) is 6.73. The van der Waals surface area contributed by atoms with E-state index < -0.39 is 6.36 Å². The number of benzene rings is 3. The van der Waals surface area contributed by atoms with E-state index in [-0.39, 0.29) is 42.0 Å². The normalized spacial score (nSPS) is 19.6. The second kappa shape index (κ2) is 13.8. The molecule has 0 bridgehead atoms. The van der Waals surface area contributed by atoms with Crippen LogP contribution in [0.15, 0.2) is 66.7 Å². The lowest BCUT2D eigenvalue weighted by Crippen LogP contribution is -2.52. The summed E-state index contributed by atoms with van der Waals surface area (Å²) in [4.78, 5) is 29.0. The summed E-state index contributed by atoms with van der Waals surface area (Å²) < 4.78 is 44.4. The van der Waals surface area contributed by atoms with E-state index in [0.29, 0.717) is 72.2 Å². The standard InChI is InChI=1S/C33H34Cl2F3N3O3/c1-21(42)40-14-11-23(12-15-40)32(43)41-16-13-30(28(20-41)22-5-3-2-4-6-22)39-19-25-17-24(7-10-31(25)44-33(36,37)38)27-9-8-26(34)18-29(27)35/h2-10,17-18,23,28,30,39H,11-16,19-20H2,1H3/t28-,30-/m0/s1. The highest BCUT2D eigenvalue weighted by Crippen LogP contribution is 2.36. The van der Waals surface area contributed by atoms with Gasteiger partial charge in [-0.25, -0.2) is 0 Å². The average molecular weight is 649 g/mol. The summed E-state index contributed by atoms with van der Waals surface area (Å²) in [6.45, 7) is 3.82. The van der Waals surface area contributed by atoms with Gasteiger partial charge >= 0.3 is 6.36 Å². The fourth-order valence-electron chi connectivity index (χ4n) is 6.21. The molecule has 2 heterocycles. The Labute approximate surface area is 265 Å². The molecule has 2 amide bonds. The molecular weight excluding hydrogens is 614 g/mol. The molecule has 0 aromatic heterocycles. The first kappa shape index (κ1) is 32.1. The van der Waals surface area contributed by atoms with Crippen LogP contribution in [0.4, 0.5) is 13.2 Å². The quantitative estimate of drug-likeness (QED) is 0.293. The van der Waals surface area contributed by atoms with Gasteiger partial charge in [-0.3, -0.25) is 9.59 Å². The Balaban J connectivity index is 1.35. The number of likely N-dealkylation sites (tertiary alicyclic amines) is 2. The molecule has 3 aromatic carbocycles. The summed E-state index contributed by atoms with van der Waals surface area (Å²) in [7, 11) is 0. The summed E-state index contributed by atoms with van der Waals surface area (Å²) in [6, 6.07) is 19.2. The molecule has 2 aliphatic heterocycles. The van der Waals surface area contributed by atoms with E-state index in [9.17, 15) is 22.8 Å². The van der Waals surface area contributed by atoms with Crippen LogP contribution in [0.2, 0.25) is 10.0 Å². The van der Waals surface area contributed by atoms with Crippen LogP contribution in [0.3, 0.4) is 0 Å². The van der Waals surface area contributed by atoms with Crippen molar-refractivity contribution < 1.29 is 27.5 Å². The van der Waals surface area contributed by atoms with Gasteiger partial charge < -0.3 is 19.9 Å². The number of piperidine rings is 2. The van der Waals surface area contributed by atoms with Gasteiger partial charge in [0.25, 0.3) is 0 Å². The van der Waals surface area contributed by atoms with Gasteiger partial charge in [0.05, 0.1) is 0 Å². The number of ether oxygens (including phenoxy) is 1. The van der Waals surface area contributed by atoms with Gasteiger partial charge in [0.1, 0.15) is 5.75 Å². The number of amides is 2. The molecule has 1 N–H and O–H groups in total. The predicted molar refractivity (Wildman–Crippen MR) is 165 cm³/mol. The van der Waals surface area contributed by atoms with Crippen molar-refractivity contribution in [2.75, 3.05) is 26.2 Å². The van der Waals surface area contributed by atoms with Gasteiger partial charge in [-0.2, -0.15) is 0 Å². The Morgan fingerprint density at radius 1 is 0.932 bits per heavy atom. The van der Waals surface area contributed by atoms with Crippen molar-refractivity contribution in [1.82, 2.24) is 15.1 Å². The smallest absolute Gasteiger partial charge is 0.405 e. The number of rotatable bonds is 7. The van der Waals surface area contributed by atoms with Crippen LogP contribution in [0.25, 0.3) is 11.1 Å². The SMILES string of the molecule is CC(=O)N1CCC(C(=O)N2CC[C@H](NCc3cc(-c4ccc(Cl)cc4Cl)ccc3OC(F)(F)F)[C@H](c3ccccc3)C2)CC1. The zero-order chi connectivity index (χ0) is 31.4. The van der Waals surface area contributed by atoms with Crippen LogP contribution in [-0.2, 0) is 16.1 Å². The van der Waals surface area contributed by atoms with E-state index in [2.05, 4.69) is 10.1 Å². The van der Waals surface area contributed by atoms with Gasteiger partial charge in [0.15, 0.2) is 0 Å². The molecule has 0 saturated carbocycles. The molecule has 44 heavy (non-hydrogen) atoms. The number of carbonyl (C=O) groups excluding carboxylic acids is 2. The van der Waals surface area contributed by atoms with Crippen molar-refractivity contribution >= 4 is 35.0 Å². The second-order valence-corrected chi connectivity index (χ2v) is 12.2. The Morgan fingerprint density at radius 2 is 1.64 bits per heavy atom. The van der Waals surface area contributed by atoms with E-state index in [0.717, 1.165) is 5.56 Å². The van der Waals surface area contributed by atoms with E-state index in [1.54, 1.807) is 36.1 Å². The molecule has 5 rings (SSSR count). The molecule has 2 saturated heterocycles. The molecule has 2 fully saturated rings. The van der Waals surface area contributed by atoms with E-state index in [4.69, 9.17) is 23.2 Å². The predicted octanol–water partition coefficient (Wildman–Crippen LogP) is 7.29. The van der Waals surface area contributed by atoms with Gasteiger partial charge in [0, 0.05) is 78.7 Å². The first-order valence-corrected chi connectivity index (χ1v) is 15.4. The van der Waals surface area contributed by atoms with Crippen molar-refractivity contribution in [2.24, 2.45) is 5.92 Å². The average Bonchev–Trinajstić information content (AvgIpc) is 3.00. The molecule has 0 radical (unpaired) electrons. The molecule has 234 valence electrons. The highest BCUT2D eigenvalue weighted by molar-refractivity contribution is 6.36. The van der Waals surface area contributed by atoms with Crippen molar-refractivity contribution in [3.63, 3.8) is 0 Å². The van der Waals surface area contributed by atoms with E-state index in [1.807, 2.05) is 35.2 Å². The number of hydrogen-bond acceptors (Lipinski definition) is 4. The highest BCUT2D eigenvalue weighted by Gasteiger charge is 2.37. The lowest BCUT2D eigenvalue weighted by molar-refractivity contribution is -0.274. The third-order valence-electron chi connectivity index (χ3n) is 8.52. The minimum atomic E-state index is -4.85. The first-order chi connectivity index (χ1) is 21.0. The zero-order valence-electron chi connectivity index (χ0n) is 24.2. The monoisotopic (exact) mass is 647 g/mol. The lowest BCUT2D eigenvalue weighted by atomic mass is 9.84. The molecule has 0 aliphatic carbocycles. The summed E-state index contributed by atoms with van der Waals surface area (Å²) in [5, 5.41) is 4.33. The molecule has 0 unspecified atom stereocenters. The van der Waals surface area contributed by atoms with Crippen LogP contribution in [-0.4, -0.2) is 60.2 Å². The largest absolute Gasteiger partial charge is 0.573 e. The second-order valence-electron chi connectivity index (χ2n) is 11.4. The van der Waals surface area contributed by atoms with Crippen molar-refractivity contribution in [3.8, 4) is 16.9 Å². The maximum absolute atomic E-state index is 13.6. The van der Waals surface area contributed by atoms with Crippen LogP contribution in [0, 0.1) is 5.92 Å². The molecule has 2 aliphatic rings. The van der Waals surface area contributed by atoms with Gasteiger partial charge in [-0.15, -0.1) is 13.2 Å². The molecular formula is C33H34Cl2F3N3O3. The third-order valence-corrected chi connectivity index (χ3v) is 9.07.